The van der Waals surface area contributed by atoms with Crippen molar-refractivity contribution >= 4 is 10.5 Å². The maximum atomic E-state index is 5.52. The van der Waals surface area contributed by atoms with Gasteiger partial charge < -0.3 is 4.43 Å². The van der Waals surface area contributed by atoms with E-state index in [0.29, 0.717) is 5.92 Å². The van der Waals surface area contributed by atoms with Crippen LogP contribution in [0.2, 0.25) is 0 Å². The van der Waals surface area contributed by atoms with Crippen molar-refractivity contribution in [2.24, 2.45) is 5.92 Å². The van der Waals surface area contributed by atoms with Gasteiger partial charge in [0.05, 0.1) is 5.60 Å². The molecule has 0 N–H and O–H groups in total. The van der Waals surface area contributed by atoms with E-state index >= 15 is 0 Å². The Morgan fingerprint density at radius 3 is 2.20 bits per heavy atom. The van der Waals surface area contributed by atoms with Crippen LogP contribution in [0.5, 0.6) is 0 Å². The lowest BCUT2D eigenvalue weighted by Crippen LogP contribution is -2.34. The van der Waals surface area contributed by atoms with Crippen LogP contribution in [0.25, 0.3) is 0 Å². The highest BCUT2D eigenvalue weighted by Crippen LogP contribution is 2.25. The van der Waals surface area contributed by atoms with Crippen LogP contribution in [0.4, 0.5) is 0 Å². The van der Waals surface area contributed by atoms with Crippen LogP contribution in [0.1, 0.15) is 27.2 Å². The standard InChI is InChI=1S/C8H18OSi/c1-5-8(6-2,9-10)7(3)4/h5,7H,1,6H2,2-4,10H3. The van der Waals surface area contributed by atoms with E-state index in [4.69, 9.17) is 4.43 Å². The van der Waals surface area contributed by atoms with E-state index in [1.165, 1.54) is 0 Å². The molecule has 1 nitrogen and oxygen atoms in total. The lowest BCUT2D eigenvalue weighted by atomic mass is 9.88. The molecule has 1 atom stereocenters. The summed E-state index contributed by atoms with van der Waals surface area (Å²) in [6.07, 6.45) is 2.96. The third-order valence-corrected chi connectivity index (χ3v) is 3.02. The summed E-state index contributed by atoms with van der Waals surface area (Å²) in [7, 11) is 0.792. The minimum atomic E-state index is -0.0494. The zero-order valence-corrected chi connectivity index (χ0v) is 9.48. The molecule has 0 aromatic heterocycles. The van der Waals surface area contributed by atoms with E-state index in [0.717, 1.165) is 16.9 Å². The fourth-order valence-corrected chi connectivity index (χ4v) is 2.18. The van der Waals surface area contributed by atoms with E-state index in [1.807, 2.05) is 6.08 Å². The van der Waals surface area contributed by atoms with E-state index in [-0.39, 0.29) is 5.60 Å². The average molecular weight is 158 g/mol. The maximum absolute atomic E-state index is 5.52. The molecule has 0 rings (SSSR count). The van der Waals surface area contributed by atoms with Gasteiger partial charge in [-0.15, -0.1) is 6.58 Å². The molecule has 0 fully saturated rings. The lowest BCUT2D eigenvalue weighted by Gasteiger charge is -2.32. The number of hydrogen-bond acceptors (Lipinski definition) is 1. The van der Waals surface area contributed by atoms with Crippen molar-refractivity contribution in [3.05, 3.63) is 12.7 Å². The lowest BCUT2D eigenvalue weighted by molar-refractivity contribution is 0.0776. The molecule has 0 saturated carbocycles. The van der Waals surface area contributed by atoms with E-state index in [2.05, 4.69) is 27.4 Å². The Balaban J connectivity index is 4.30. The topological polar surface area (TPSA) is 9.23 Å². The van der Waals surface area contributed by atoms with Crippen molar-refractivity contribution in [1.82, 2.24) is 0 Å². The SMILES string of the molecule is C=CC(CC)(O[SiH3])C(C)C. The van der Waals surface area contributed by atoms with Crippen LogP contribution in [0.15, 0.2) is 12.7 Å². The predicted octanol–water partition coefficient (Wildman–Crippen LogP) is 1.27. The molecular weight excluding hydrogens is 140 g/mol. The van der Waals surface area contributed by atoms with Crippen LogP contribution in [0.3, 0.4) is 0 Å². The van der Waals surface area contributed by atoms with Crippen LogP contribution in [0, 0.1) is 5.92 Å². The quantitative estimate of drug-likeness (QED) is 0.442. The van der Waals surface area contributed by atoms with Crippen molar-refractivity contribution in [3.8, 4) is 0 Å². The summed E-state index contributed by atoms with van der Waals surface area (Å²) in [5, 5.41) is 0. The Morgan fingerprint density at radius 1 is 1.70 bits per heavy atom. The third-order valence-electron chi connectivity index (χ3n) is 2.26. The van der Waals surface area contributed by atoms with Gasteiger partial charge in [0.2, 0.25) is 0 Å². The van der Waals surface area contributed by atoms with Gasteiger partial charge in [-0.1, -0.05) is 26.8 Å². The third kappa shape index (κ3) is 1.70. The molecule has 0 spiro atoms. The Morgan fingerprint density at radius 2 is 2.20 bits per heavy atom. The molecule has 60 valence electrons. The highest BCUT2D eigenvalue weighted by Gasteiger charge is 2.26. The second-order valence-electron chi connectivity index (χ2n) is 2.87. The van der Waals surface area contributed by atoms with Crippen molar-refractivity contribution in [2.75, 3.05) is 0 Å². The second-order valence-corrected chi connectivity index (χ2v) is 3.28. The normalized spacial score (nSPS) is 17.2. The monoisotopic (exact) mass is 158 g/mol. The molecule has 0 aliphatic rings. The molecule has 0 heterocycles. The molecule has 0 aromatic rings. The van der Waals surface area contributed by atoms with E-state index in [1.54, 1.807) is 0 Å². The minimum absolute atomic E-state index is 0.0494. The second kappa shape index (κ2) is 3.94. The highest BCUT2D eigenvalue weighted by molar-refractivity contribution is 5.98. The van der Waals surface area contributed by atoms with Crippen LogP contribution in [-0.4, -0.2) is 16.1 Å². The fraction of sp³-hybridized carbons (Fsp3) is 0.750. The number of rotatable bonds is 4. The summed E-state index contributed by atoms with van der Waals surface area (Å²) in [6, 6.07) is 0. The van der Waals surface area contributed by atoms with Crippen molar-refractivity contribution in [3.63, 3.8) is 0 Å². The first kappa shape index (κ1) is 9.92. The summed E-state index contributed by atoms with van der Waals surface area (Å²) in [6.45, 7) is 10.3. The molecule has 0 amide bonds. The average Bonchev–Trinajstić information content (AvgIpc) is 1.92. The predicted molar refractivity (Wildman–Crippen MR) is 49.1 cm³/mol. The van der Waals surface area contributed by atoms with Gasteiger partial charge in [0.15, 0.2) is 0 Å². The molecule has 0 saturated heterocycles. The largest absolute Gasteiger partial charge is 0.419 e. The van der Waals surface area contributed by atoms with Crippen molar-refractivity contribution < 1.29 is 4.43 Å². The first-order valence-electron chi connectivity index (χ1n) is 3.81. The van der Waals surface area contributed by atoms with Gasteiger partial charge >= 0.3 is 0 Å². The summed E-state index contributed by atoms with van der Waals surface area (Å²) in [4.78, 5) is 0. The smallest absolute Gasteiger partial charge is 0.147 e. The molecule has 0 aliphatic carbocycles. The van der Waals surface area contributed by atoms with Gasteiger partial charge in [-0.05, 0) is 12.3 Å². The Kier molecular flexibility index (Phi) is 3.90. The van der Waals surface area contributed by atoms with Crippen LogP contribution >= 0.6 is 0 Å². The Hall–Kier alpha value is -0.0831. The fourth-order valence-electron chi connectivity index (χ4n) is 1.25. The molecule has 0 aromatic carbocycles. The van der Waals surface area contributed by atoms with Gasteiger partial charge in [0, 0.05) is 0 Å². The van der Waals surface area contributed by atoms with Crippen molar-refractivity contribution in [2.45, 2.75) is 32.8 Å². The van der Waals surface area contributed by atoms with Crippen LogP contribution < -0.4 is 0 Å². The van der Waals surface area contributed by atoms with Gasteiger partial charge in [0.25, 0.3) is 0 Å². The van der Waals surface area contributed by atoms with Gasteiger partial charge in [0.1, 0.15) is 10.5 Å². The van der Waals surface area contributed by atoms with Gasteiger partial charge in [-0.3, -0.25) is 0 Å². The van der Waals surface area contributed by atoms with Crippen LogP contribution in [-0.2, 0) is 4.43 Å². The zero-order chi connectivity index (χ0) is 8.20. The highest BCUT2D eigenvalue weighted by atomic mass is 28.2. The Labute approximate surface area is 67.0 Å². The first-order valence-corrected chi connectivity index (χ1v) is 4.63. The van der Waals surface area contributed by atoms with Crippen molar-refractivity contribution in [1.29, 1.82) is 0 Å². The summed E-state index contributed by atoms with van der Waals surface area (Å²) in [5.74, 6) is 0.535. The molecule has 2 heteroatoms. The van der Waals surface area contributed by atoms with Gasteiger partial charge in [-0.2, -0.15) is 0 Å². The zero-order valence-electron chi connectivity index (χ0n) is 7.48. The maximum Gasteiger partial charge on any atom is 0.147 e. The molecular formula is C8H18OSi. The summed E-state index contributed by atoms with van der Waals surface area (Å²) >= 11 is 0. The molecule has 0 bridgehead atoms. The summed E-state index contributed by atoms with van der Waals surface area (Å²) in [5.41, 5.74) is -0.0494. The van der Waals surface area contributed by atoms with E-state index in [9.17, 15) is 0 Å². The Bertz CT molecular complexity index is 106. The first-order chi connectivity index (χ1) is 4.63. The molecule has 1 unspecified atom stereocenters. The molecule has 0 aliphatic heterocycles. The molecule has 0 radical (unpaired) electrons. The van der Waals surface area contributed by atoms with E-state index < -0.39 is 0 Å². The minimum Gasteiger partial charge on any atom is -0.419 e. The number of hydrogen-bond donors (Lipinski definition) is 0. The summed E-state index contributed by atoms with van der Waals surface area (Å²) < 4.78 is 5.52. The molecule has 10 heavy (non-hydrogen) atoms. The van der Waals surface area contributed by atoms with Gasteiger partial charge in [-0.25, -0.2) is 0 Å².